The molecule has 1 aliphatic rings. The van der Waals surface area contributed by atoms with Gasteiger partial charge >= 0.3 is 12.1 Å². The van der Waals surface area contributed by atoms with Crippen LogP contribution in [0.15, 0.2) is 42.5 Å². The van der Waals surface area contributed by atoms with E-state index in [0.29, 0.717) is 47.6 Å². The average molecular weight is 556 g/mol. The van der Waals surface area contributed by atoms with Crippen LogP contribution >= 0.6 is 0 Å². The molecule has 7 nitrogen and oxygen atoms in total. The van der Waals surface area contributed by atoms with Crippen LogP contribution in [0.3, 0.4) is 0 Å². The van der Waals surface area contributed by atoms with Gasteiger partial charge in [0.15, 0.2) is 0 Å². The summed E-state index contributed by atoms with van der Waals surface area (Å²) in [6.07, 6.45) is 11.5. The Morgan fingerprint density at radius 1 is 1.00 bits per heavy atom. The zero-order chi connectivity index (χ0) is 30.3. The van der Waals surface area contributed by atoms with Crippen molar-refractivity contribution in [2.24, 2.45) is 17.8 Å². The second-order valence-corrected chi connectivity index (χ2v) is 12.0. The Bertz CT molecular complexity index is 1110. The van der Waals surface area contributed by atoms with Crippen LogP contribution in [0.1, 0.15) is 92.1 Å². The summed E-state index contributed by atoms with van der Waals surface area (Å²) in [5.41, 5.74) is 0.805. The Morgan fingerprint density at radius 3 is 2.23 bits per heavy atom. The molecule has 1 unspecified atom stereocenters. The molecule has 222 valence electrons. The van der Waals surface area contributed by atoms with Crippen molar-refractivity contribution < 1.29 is 28.5 Å². The number of anilines is 1. The molecule has 0 aliphatic carbocycles. The van der Waals surface area contributed by atoms with Crippen molar-refractivity contribution in [3.63, 3.8) is 0 Å². The first kappa shape index (κ1) is 33.1. The smallest absolute Gasteiger partial charge is 0.414 e. The quantitative estimate of drug-likeness (QED) is 0.156. The summed E-state index contributed by atoms with van der Waals surface area (Å²) in [6, 6.07) is 3.47. The fourth-order valence-electron chi connectivity index (χ4n) is 4.09. The lowest BCUT2D eigenvalue weighted by molar-refractivity contribution is -0.127. The van der Waals surface area contributed by atoms with E-state index >= 15 is 0 Å². The highest BCUT2D eigenvalue weighted by molar-refractivity contribution is 6.00. The molecule has 1 aromatic rings. The van der Waals surface area contributed by atoms with Gasteiger partial charge in [0.05, 0.1) is 11.8 Å². The number of hydrogen-bond donors (Lipinski definition) is 0. The van der Waals surface area contributed by atoms with Crippen LogP contribution in [0.5, 0.6) is 5.75 Å². The molecule has 1 amide bonds. The van der Waals surface area contributed by atoms with Crippen LogP contribution in [0.2, 0.25) is 0 Å². The highest BCUT2D eigenvalue weighted by atomic mass is 16.7. The normalized spacial score (nSPS) is 17.6. The molecule has 0 spiro atoms. The summed E-state index contributed by atoms with van der Waals surface area (Å²) in [5, 5.41) is 0. The maximum atomic E-state index is 13.0. The molecule has 2 rings (SSSR count). The van der Waals surface area contributed by atoms with Crippen molar-refractivity contribution >= 4 is 23.8 Å². The molecule has 40 heavy (non-hydrogen) atoms. The van der Waals surface area contributed by atoms with Crippen molar-refractivity contribution in [2.75, 3.05) is 18.1 Å². The fourth-order valence-corrected chi connectivity index (χ4v) is 4.09. The molecule has 0 radical (unpaired) electrons. The van der Waals surface area contributed by atoms with Crippen LogP contribution in [-0.2, 0) is 14.2 Å². The molecule has 0 saturated heterocycles. The van der Waals surface area contributed by atoms with Gasteiger partial charge in [-0.3, -0.25) is 4.90 Å². The van der Waals surface area contributed by atoms with Gasteiger partial charge in [-0.1, -0.05) is 64.2 Å². The van der Waals surface area contributed by atoms with Crippen LogP contribution in [0, 0.1) is 17.8 Å². The Kier molecular flexibility index (Phi) is 11.6. The molecule has 0 saturated carbocycles. The molecule has 0 bridgehead atoms. The zero-order valence-electron chi connectivity index (χ0n) is 26.2. The first-order chi connectivity index (χ1) is 18.6. The van der Waals surface area contributed by atoms with E-state index in [2.05, 4.69) is 39.8 Å². The molecule has 3 atom stereocenters. The number of carbonyl (C=O) groups is 2. The van der Waals surface area contributed by atoms with E-state index < -0.39 is 23.5 Å². The summed E-state index contributed by atoms with van der Waals surface area (Å²) < 4.78 is 23.1. The number of allylic oxidation sites excluding steroid dienone is 3. The van der Waals surface area contributed by atoms with Gasteiger partial charge in [-0.2, -0.15) is 0 Å². The van der Waals surface area contributed by atoms with E-state index in [1.54, 1.807) is 26.0 Å². The number of nitrogens with zero attached hydrogens (tertiary/aromatic N) is 1. The number of fused-ring (bicyclic) bond motifs is 1. The summed E-state index contributed by atoms with van der Waals surface area (Å²) >= 11 is 0. The number of hydrogen-bond acceptors (Lipinski definition) is 6. The Labute approximate surface area is 241 Å². The second-order valence-electron chi connectivity index (χ2n) is 12.0. The lowest BCUT2D eigenvalue weighted by Gasteiger charge is -2.33. The number of esters is 1. The van der Waals surface area contributed by atoms with Gasteiger partial charge in [0.25, 0.3) is 0 Å². The topological polar surface area (TPSA) is 74.3 Å². The van der Waals surface area contributed by atoms with Crippen LogP contribution in [-0.4, -0.2) is 42.7 Å². The summed E-state index contributed by atoms with van der Waals surface area (Å²) in [4.78, 5) is 27.5. The number of carbonyl (C=O) groups excluding carboxylic acids is 2. The van der Waals surface area contributed by atoms with Crippen LogP contribution < -0.4 is 9.64 Å². The van der Waals surface area contributed by atoms with Crippen molar-refractivity contribution in [3.05, 3.63) is 53.6 Å². The molecule has 1 aliphatic heterocycles. The van der Waals surface area contributed by atoms with Gasteiger partial charge in [-0.05, 0) is 58.1 Å². The van der Waals surface area contributed by atoms with E-state index in [9.17, 15) is 9.59 Å². The highest BCUT2D eigenvalue weighted by Crippen LogP contribution is 2.38. The molecule has 0 N–H and O–H groups in total. The predicted molar refractivity (Wildman–Crippen MR) is 162 cm³/mol. The third-order valence-electron chi connectivity index (χ3n) is 6.59. The van der Waals surface area contributed by atoms with Crippen LogP contribution in [0.25, 0.3) is 6.08 Å². The summed E-state index contributed by atoms with van der Waals surface area (Å²) in [7, 11) is 0. The Morgan fingerprint density at radius 2 is 1.65 bits per heavy atom. The van der Waals surface area contributed by atoms with E-state index in [-0.39, 0.29) is 12.0 Å². The lowest BCUT2D eigenvalue weighted by Crippen LogP contribution is -2.40. The lowest BCUT2D eigenvalue weighted by atomic mass is 9.94. The number of rotatable bonds is 11. The predicted octanol–water partition coefficient (Wildman–Crippen LogP) is 8.19. The molecule has 0 fully saturated rings. The van der Waals surface area contributed by atoms with Gasteiger partial charge < -0.3 is 18.9 Å². The third kappa shape index (κ3) is 9.54. The standard InChI is InChI=1S/C33H49NO6/c1-12-34(31(36)40-32(7,8)9)26-20-25(29-28(21-26)38-33(10,11)39-30(29)35)16-14-15-17-27(37-13-2)24(6)19-18-23(5)22(3)4/h14-24,27H,12-13H2,1-11H3/b16-14+,17-15-,19-18-/t23-,24+,27?/m1/s1. The first-order valence-corrected chi connectivity index (χ1v) is 14.3. The summed E-state index contributed by atoms with van der Waals surface area (Å²) in [5.74, 6) is 0.00585. The van der Waals surface area contributed by atoms with E-state index in [1.165, 1.54) is 4.90 Å². The third-order valence-corrected chi connectivity index (χ3v) is 6.59. The van der Waals surface area contributed by atoms with Crippen molar-refractivity contribution in [3.8, 4) is 5.75 Å². The SMILES string of the molecule is CCOC(/C=C\C=C\c1cc(N(CC)C(=O)OC(C)(C)C)cc2c1C(=O)OC(C)(C)O2)[C@@H](C)/C=C\[C@@H](C)C(C)C. The minimum absolute atomic E-state index is 0.0950. The first-order valence-electron chi connectivity index (χ1n) is 14.3. The molecular weight excluding hydrogens is 506 g/mol. The maximum Gasteiger partial charge on any atom is 0.414 e. The Balaban J connectivity index is 2.43. The van der Waals surface area contributed by atoms with Crippen molar-refractivity contribution in [2.45, 2.75) is 93.7 Å². The minimum Gasteiger partial charge on any atom is -0.452 e. The van der Waals surface area contributed by atoms with E-state index in [1.807, 2.05) is 58.9 Å². The molecule has 1 heterocycles. The van der Waals surface area contributed by atoms with Crippen LogP contribution in [0.4, 0.5) is 10.5 Å². The minimum atomic E-state index is -1.13. The van der Waals surface area contributed by atoms with Crippen molar-refractivity contribution in [1.82, 2.24) is 0 Å². The van der Waals surface area contributed by atoms with Gasteiger partial charge in [0, 0.05) is 39.0 Å². The second kappa shape index (κ2) is 14.0. The maximum absolute atomic E-state index is 13.0. The molecule has 7 heteroatoms. The van der Waals surface area contributed by atoms with Gasteiger partial charge in [-0.15, -0.1) is 0 Å². The number of ether oxygens (including phenoxy) is 4. The number of amides is 1. The fraction of sp³-hybridized carbons (Fsp3) is 0.576. The van der Waals surface area contributed by atoms with Gasteiger partial charge in [0.1, 0.15) is 16.9 Å². The molecule has 0 aromatic heterocycles. The zero-order valence-corrected chi connectivity index (χ0v) is 26.2. The van der Waals surface area contributed by atoms with Crippen molar-refractivity contribution in [1.29, 1.82) is 0 Å². The molecular formula is C33H49NO6. The number of cyclic esters (lactones) is 1. The van der Waals surface area contributed by atoms with Gasteiger partial charge in [-0.25, -0.2) is 9.59 Å². The highest BCUT2D eigenvalue weighted by Gasteiger charge is 2.36. The molecule has 1 aromatic carbocycles. The van der Waals surface area contributed by atoms with E-state index in [0.717, 1.165) is 0 Å². The van der Waals surface area contributed by atoms with E-state index in [4.69, 9.17) is 18.9 Å². The number of benzene rings is 1. The van der Waals surface area contributed by atoms with Gasteiger partial charge in [0.2, 0.25) is 5.79 Å². The average Bonchev–Trinajstić information content (AvgIpc) is 2.82. The monoisotopic (exact) mass is 555 g/mol. The summed E-state index contributed by atoms with van der Waals surface area (Å²) in [6.45, 7) is 22.4. The Hall–Kier alpha value is -3.06. The largest absolute Gasteiger partial charge is 0.452 e.